The topological polar surface area (TPSA) is 87.2 Å². The van der Waals surface area contributed by atoms with Crippen molar-refractivity contribution in [1.29, 1.82) is 0 Å². The van der Waals surface area contributed by atoms with Crippen LogP contribution >= 0.6 is 0 Å². The van der Waals surface area contributed by atoms with Gasteiger partial charge in [-0.1, -0.05) is 0 Å². The fourth-order valence-electron chi connectivity index (χ4n) is 2.99. The Balaban J connectivity index is 1.55. The minimum atomic E-state index is -1.04. The van der Waals surface area contributed by atoms with Gasteiger partial charge in [0.2, 0.25) is 11.8 Å². The molecule has 2 unspecified atom stereocenters. The molecule has 2 saturated heterocycles. The van der Waals surface area contributed by atoms with Gasteiger partial charge in [-0.05, 0) is 0 Å². The summed E-state index contributed by atoms with van der Waals surface area (Å²) in [4.78, 5) is 38.1. The smallest absolute Gasteiger partial charge is 0.308 e. The highest BCUT2D eigenvalue weighted by Gasteiger charge is 2.70. The number of aliphatic carboxylic acids is 1. The van der Waals surface area contributed by atoms with Crippen LogP contribution < -0.4 is 0 Å². The Labute approximate surface area is 110 Å². The van der Waals surface area contributed by atoms with Gasteiger partial charge in [-0.3, -0.25) is 24.2 Å². The molecule has 2 heterocycles. The number of piperidine rings is 1. The number of carbonyl (C=O) groups excluding carboxylic acids is 2. The number of nitrogens with zero attached hydrogens (tertiary/aromatic N) is 2. The molecule has 1 saturated carbocycles. The zero-order valence-corrected chi connectivity index (χ0v) is 10.4. The molecule has 0 aromatic heterocycles. The third kappa shape index (κ3) is 2.02. The molecule has 0 aromatic rings. The predicted octanol–water partition coefficient (Wildman–Crippen LogP) is -1.37. The van der Waals surface area contributed by atoms with Crippen molar-refractivity contribution in [2.45, 2.75) is 0 Å². The second-order valence-corrected chi connectivity index (χ2v) is 5.20. The van der Waals surface area contributed by atoms with Gasteiger partial charge in [0.1, 0.15) is 0 Å². The lowest BCUT2D eigenvalue weighted by atomic mass is 10.2. The third-order valence-electron chi connectivity index (χ3n) is 4.15. The minimum Gasteiger partial charge on any atom is -0.481 e. The summed E-state index contributed by atoms with van der Waals surface area (Å²) < 4.78 is 5.22. The Kier molecular flexibility index (Phi) is 3.02. The molecule has 1 N–H and O–H groups in total. The van der Waals surface area contributed by atoms with Gasteiger partial charge >= 0.3 is 5.97 Å². The van der Waals surface area contributed by atoms with E-state index < -0.39 is 23.7 Å². The van der Waals surface area contributed by atoms with Crippen molar-refractivity contribution in [2.75, 3.05) is 39.4 Å². The minimum absolute atomic E-state index is 0.310. The number of ether oxygens (including phenoxy) is 1. The summed E-state index contributed by atoms with van der Waals surface area (Å²) in [5.41, 5.74) is 0. The molecule has 2 amide bonds. The first-order chi connectivity index (χ1) is 9.11. The highest BCUT2D eigenvalue weighted by atomic mass is 16.5. The first-order valence-electron chi connectivity index (χ1n) is 6.49. The Morgan fingerprint density at radius 2 is 1.74 bits per heavy atom. The molecule has 0 aromatic carbocycles. The Bertz CT molecular complexity index is 410. The van der Waals surface area contributed by atoms with Gasteiger partial charge < -0.3 is 9.84 Å². The number of amides is 2. The van der Waals surface area contributed by atoms with Crippen molar-refractivity contribution in [2.24, 2.45) is 17.8 Å². The Morgan fingerprint density at radius 1 is 1.16 bits per heavy atom. The fourth-order valence-corrected chi connectivity index (χ4v) is 2.99. The summed E-state index contributed by atoms with van der Waals surface area (Å²) in [6, 6.07) is 0. The number of rotatable bonds is 4. The number of carbonyl (C=O) groups is 3. The van der Waals surface area contributed by atoms with Crippen LogP contribution in [0.15, 0.2) is 0 Å². The van der Waals surface area contributed by atoms with Crippen molar-refractivity contribution in [1.82, 2.24) is 9.80 Å². The molecule has 0 radical (unpaired) electrons. The van der Waals surface area contributed by atoms with Gasteiger partial charge in [-0.2, -0.15) is 0 Å². The lowest BCUT2D eigenvalue weighted by molar-refractivity contribution is -0.148. The number of fused-ring (bicyclic) bond motifs is 1. The van der Waals surface area contributed by atoms with E-state index in [9.17, 15) is 14.4 Å². The molecule has 7 nitrogen and oxygen atoms in total. The summed E-state index contributed by atoms with van der Waals surface area (Å²) in [7, 11) is 0. The van der Waals surface area contributed by atoms with Gasteiger partial charge in [0.25, 0.3) is 0 Å². The normalized spacial score (nSPS) is 34.5. The van der Waals surface area contributed by atoms with Crippen molar-refractivity contribution < 1.29 is 24.2 Å². The number of imide groups is 1. The summed E-state index contributed by atoms with van der Waals surface area (Å²) >= 11 is 0. The first kappa shape index (κ1) is 12.6. The number of likely N-dealkylation sites (tertiary alicyclic amines) is 1. The Morgan fingerprint density at radius 3 is 2.26 bits per heavy atom. The summed E-state index contributed by atoms with van der Waals surface area (Å²) in [6.45, 7) is 3.96. The lowest BCUT2D eigenvalue weighted by Crippen LogP contribution is -2.44. The maximum absolute atomic E-state index is 11.9. The molecule has 104 valence electrons. The molecule has 3 fully saturated rings. The highest BCUT2D eigenvalue weighted by molar-refractivity contribution is 6.13. The SMILES string of the molecule is O=C(O)C1C2C(=O)N(CCN3CCOCC3)C(=O)C12. The highest BCUT2D eigenvalue weighted by Crippen LogP contribution is 2.53. The van der Waals surface area contributed by atoms with E-state index in [1.165, 1.54) is 4.90 Å². The first-order valence-corrected chi connectivity index (χ1v) is 6.49. The molecular formula is C12H16N2O5. The van der Waals surface area contributed by atoms with E-state index in [4.69, 9.17) is 9.84 Å². The van der Waals surface area contributed by atoms with Gasteiger partial charge in [0.15, 0.2) is 0 Å². The molecule has 7 heteroatoms. The fraction of sp³-hybridized carbons (Fsp3) is 0.750. The largest absolute Gasteiger partial charge is 0.481 e. The average Bonchev–Trinajstić information content (AvgIpc) is 3.09. The molecule has 0 bridgehead atoms. The monoisotopic (exact) mass is 268 g/mol. The van der Waals surface area contributed by atoms with Crippen molar-refractivity contribution in [3.8, 4) is 0 Å². The average molecular weight is 268 g/mol. The van der Waals surface area contributed by atoms with E-state index >= 15 is 0 Å². The lowest BCUT2D eigenvalue weighted by Gasteiger charge is -2.28. The molecule has 2 aliphatic heterocycles. The molecular weight excluding hydrogens is 252 g/mol. The maximum atomic E-state index is 11.9. The van der Waals surface area contributed by atoms with E-state index in [-0.39, 0.29) is 11.8 Å². The van der Waals surface area contributed by atoms with Crippen LogP contribution in [0.3, 0.4) is 0 Å². The van der Waals surface area contributed by atoms with Crippen molar-refractivity contribution in [3.05, 3.63) is 0 Å². The summed E-state index contributed by atoms with van der Waals surface area (Å²) in [6.07, 6.45) is 0. The molecule has 1 aliphatic carbocycles. The summed E-state index contributed by atoms with van der Waals surface area (Å²) in [5, 5.41) is 8.87. The number of morpholine rings is 1. The van der Waals surface area contributed by atoms with Gasteiger partial charge in [-0.15, -0.1) is 0 Å². The second kappa shape index (κ2) is 4.57. The van der Waals surface area contributed by atoms with Crippen LogP contribution in [-0.4, -0.2) is 72.1 Å². The molecule has 2 atom stereocenters. The predicted molar refractivity (Wildman–Crippen MR) is 62.1 cm³/mol. The number of carboxylic acids is 1. The van der Waals surface area contributed by atoms with Crippen LogP contribution in [0.25, 0.3) is 0 Å². The van der Waals surface area contributed by atoms with Crippen LogP contribution in [0.5, 0.6) is 0 Å². The van der Waals surface area contributed by atoms with Gasteiger partial charge in [-0.25, -0.2) is 0 Å². The number of hydrogen-bond acceptors (Lipinski definition) is 5. The standard InChI is InChI=1S/C12H16N2O5/c15-10-7-8(9(7)12(17)18)11(16)14(10)2-1-13-3-5-19-6-4-13/h7-9H,1-6H2,(H,17,18). The van der Waals surface area contributed by atoms with Crippen molar-refractivity contribution in [3.63, 3.8) is 0 Å². The maximum Gasteiger partial charge on any atom is 0.308 e. The van der Waals surface area contributed by atoms with Gasteiger partial charge in [0, 0.05) is 26.2 Å². The van der Waals surface area contributed by atoms with Gasteiger partial charge in [0.05, 0.1) is 31.0 Å². The van der Waals surface area contributed by atoms with E-state index in [2.05, 4.69) is 4.90 Å². The van der Waals surface area contributed by atoms with E-state index in [1.54, 1.807) is 0 Å². The summed E-state index contributed by atoms with van der Waals surface area (Å²) in [5.74, 6) is -3.64. The third-order valence-corrected chi connectivity index (χ3v) is 4.15. The molecule has 3 aliphatic rings. The zero-order valence-electron chi connectivity index (χ0n) is 10.4. The number of carboxylic acid groups (broad SMARTS) is 1. The van der Waals surface area contributed by atoms with E-state index in [0.717, 1.165) is 13.1 Å². The molecule has 0 spiro atoms. The Hall–Kier alpha value is -1.47. The number of hydrogen-bond donors (Lipinski definition) is 1. The zero-order chi connectivity index (χ0) is 13.6. The molecule has 3 rings (SSSR count). The van der Waals surface area contributed by atoms with Crippen LogP contribution in [0.1, 0.15) is 0 Å². The van der Waals surface area contributed by atoms with E-state index in [0.29, 0.717) is 26.3 Å². The quantitative estimate of drug-likeness (QED) is 0.633. The van der Waals surface area contributed by atoms with Crippen LogP contribution in [-0.2, 0) is 19.1 Å². The van der Waals surface area contributed by atoms with Crippen LogP contribution in [0, 0.1) is 17.8 Å². The molecule has 19 heavy (non-hydrogen) atoms. The second-order valence-electron chi connectivity index (χ2n) is 5.20. The van der Waals surface area contributed by atoms with Crippen molar-refractivity contribution >= 4 is 17.8 Å². The van der Waals surface area contributed by atoms with Crippen LogP contribution in [0.2, 0.25) is 0 Å². The van der Waals surface area contributed by atoms with Crippen LogP contribution in [0.4, 0.5) is 0 Å². The van der Waals surface area contributed by atoms with E-state index in [1.807, 2.05) is 0 Å².